The van der Waals surface area contributed by atoms with Crippen LogP contribution >= 0.6 is 0 Å². The molecule has 2 N–H and O–H groups in total. The molecular formula is C15H17N3O. The van der Waals surface area contributed by atoms with Crippen LogP contribution in [-0.4, -0.2) is 11.4 Å². The minimum Gasteiger partial charge on any atom is -0.369 e. The van der Waals surface area contributed by atoms with Crippen molar-refractivity contribution >= 4 is 17.3 Å². The van der Waals surface area contributed by atoms with E-state index in [-0.39, 0.29) is 5.91 Å². The van der Waals surface area contributed by atoms with Gasteiger partial charge in [0.15, 0.2) is 0 Å². The molecule has 1 aliphatic heterocycles. The third kappa shape index (κ3) is 1.95. The molecule has 1 aliphatic carbocycles. The van der Waals surface area contributed by atoms with E-state index in [1.54, 1.807) is 6.07 Å². The highest BCUT2D eigenvalue weighted by molar-refractivity contribution is 6.07. The number of hydrogen-bond acceptors (Lipinski definition) is 3. The van der Waals surface area contributed by atoms with E-state index in [4.69, 9.17) is 5.26 Å². The van der Waals surface area contributed by atoms with Crippen molar-refractivity contribution < 1.29 is 4.79 Å². The number of hydrogen-bond donors (Lipinski definition) is 2. The SMILES string of the molecule is N#Cc1cccc2c1NC(=O)C1(CCCCCC1)N2. The van der Waals surface area contributed by atoms with E-state index in [0.29, 0.717) is 11.3 Å². The molecule has 3 rings (SSSR count). The first-order chi connectivity index (χ1) is 9.25. The van der Waals surface area contributed by atoms with Crippen molar-refractivity contribution in [3.63, 3.8) is 0 Å². The number of nitrogens with one attached hydrogen (secondary N) is 2. The van der Waals surface area contributed by atoms with Crippen LogP contribution in [-0.2, 0) is 4.79 Å². The number of para-hydroxylation sites is 1. The van der Waals surface area contributed by atoms with Crippen LogP contribution in [0.1, 0.15) is 44.1 Å². The van der Waals surface area contributed by atoms with Gasteiger partial charge in [-0.2, -0.15) is 5.26 Å². The Hall–Kier alpha value is -2.02. The zero-order valence-electron chi connectivity index (χ0n) is 10.8. The number of carbonyl (C=O) groups is 1. The molecule has 0 bridgehead atoms. The molecule has 1 fully saturated rings. The van der Waals surface area contributed by atoms with Gasteiger partial charge in [0.25, 0.3) is 0 Å². The molecule has 0 saturated heterocycles. The summed E-state index contributed by atoms with van der Waals surface area (Å²) in [5.41, 5.74) is 1.55. The highest BCUT2D eigenvalue weighted by Crippen LogP contribution is 2.39. The minimum absolute atomic E-state index is 0.0181. The number of nitriles is 1. The molecule has 0 aromatic heterocycles. The number of nitrogens with zero attached hydrogens (tertiary/aromatic N) is 1. The van der Waals surface area contributed by atoms with E-state index in [1.807, 2.05) is 12.1 Å². The summed E-state index contributed by atoms with van der Waals surface area (Å²) in [6, 6.07) is 7.64. The third-order valence-electron chi connectivity index (χ3n) is 4.19. The van der Waals surface area contributed by atoms with Crippen LogP contribution in [0.4, 0.5) is 11.4 Å². The standard InChI is InChI=1S/C15H17N3O/c16-10-11-6-5-7-12-13(11)17-14(19)15(18-12)8-3-1-2-4-9-15/h5-7,18H,1-4,8-9H2,(H,17,19). The van der Waals surface area contributed by atoms with Crippen LogP contribution in [0.3, 0.4) is 0 Å². The summed E-state index contributed by atoms with van der Waals surface area (Å²) in [5.74, 6) is 0.0181. The van der Waals surface area contributed by atoms with Crippen molar-refractivity contribution in [3.05, 3.63) is 23.8 Å². The van der Waals surface area contributed by atoms with Gasteiger partial charge in [0.2, 0.25) is 5.91 Å². The summed E-state index contributed by atoms with van der Waals surface area (Å²) in [7, 11) is 0. The van der Waals surface area contributed by atoms with Gasteiger partial charge in [0.1, 0.15) is 11.6 Å². The number of benzene rings is 1. The van der Waals surface area contributed by atoms with Crippen LogP contribution in [0.25, 0.3) is 0 Å². The van der Waals surface area contributed by atoms with Crippen molar-refractivity contribution in [1.29, 1.82) is 5.26 Å². The monoisotopic (exact) mass is 255 g/mol. The average molecular weight is 255 g/mol. The largest absolute Gasteiger partial charge is 0.369 e. The van der Waals surface area contributed by atoms with Gasteiger partial charge in [-0.1, -0.05) is 31.7 Å². The van der Waals surface area contributed by atoms with E-state index in [0.717, 1.165) is 31.4 Å². The molecule has 0 unspecified atom stereocenters. The summed E-state index contributed by atoms with van der Waals surface area (Å²) < 4.78 is 0. The summed E-state index contributed by atoms with van der Waals surface area (Å²) >= 11 is 0. The fraction of sp³-hybridized carbons (Fsp3) is 0.467. The molecule has 1 saturated carbocycles. The number of amides is 1. The van der Waals surface area contributed by atoms with Gasteiger partial charge in [0, 0.05) is 0 Å². The smallest absolute Gasteiger partial charge is 0.250 e. The molecule has 1 spiro atoms. The number of carbonyl (C=O) groups excluding carboxylic acids is 1. The summed E-state index contributed by atoms with van der Waals surface area (Å²) in [6.07, 6.45) is 6.29. The van der Waals surface area contributed by atoms with Crippen molar-refractivity contribution in [2.24, 2.45) is 0 Å². The maximum absolute atomic E-state index is 12.5. The first-order valence-electron chi connectivity index (χ1n) is 6.88. The Morgan fingerprint density at radius 2 is 1.89 bits per heavy atom. The second kappa shape index (κ2) is 4.58. The Bertz CT molecular complexity index is 551. The fourth-order valence-corrected chi connectivity index (χ4v) is 3.12. The van der Waals surface area contributed by atoms with Crippen molar-refractivity contribution in [3.8, 4) is 6.07 Å². The number of rotatable bonds is 0. The second-order valence-electron chi connectivity index (χ2n) is 5.42. The normalized spacial score (nSPS) is 20.7. The van der Waals surface area contributed by atoms with Crippen molar-refractivity contribution in [2.75, 3.05) is 10.6 Å². The molecule has 4 nitrogen and oxygen atoms in total. The van der Waals surface area contributed by atoms with Crippen LogP contribution < -0.4 is 10.6 Å². The topological polar surface area (TPSA) is 64.9 Å². The van der Waals surface area contributed by atoms with Crippen molar-refractivity contribution in [2.45, 2.75) is 44.1 Å². The van der Waals surface area contributed by atoms with Gasteiger partial charge >= 0.3 is 0 Å². The highest BCUT2D eigenvalue weighted by atomic mass is 16.2. The zero-order valence-corrected chi connectivity index (χ0v) is 10.8. The Morgan fingerprint density at radius 3 is 2.58 bits per heavy atom. The van der Waals surface area contributed by atoms with E-state index >= 15 is 0 Å². The molecule has 1 amide bonds. The van der Waals surface area contributed by atoms with Crippen LogP contribution in [0.2, 0.25) is 0 Å². The molecule has 98 valence electrons. The lowest BCUT2D eigenvalue weighted by molar-refractivity contribution is -0.121. The molecular weight excluding hydrogens is 238 g/mol. The first kappa shape index (κ1) is 12.0. The number of fused-ring (bicyclic) bond motifs is 1. The molecule has 0 atom stereocenters. The maximum Gasteiger partial charge on any atom is 0.250 e. The fourth-order valence-electron chi connectivity index (χ4n) is 3.12. The van der Waals surface area contributed by atoms with E-state index in [1.165, 1.54) is 12.8 Å². The second-order valence-corrected chi connectivity index (χ2v) is 5.42. The van der Waals surface area contributed by atoms with Gasteiger partial charge in [-0.3, -0.25) is 4.79 Å². The molecule has 1 heterocycles. The van der Waals surface area contributed by atoms with Gasteiger partial charge in [-0.25, -0.2) is 0 Å². The summed E-state index contributed by atoms with van der Waals surface area (Å²) in [6.45, 7) is 0. The maximum atomic E-state index is 12.5. The summed E-state index contributed by atoms with van der Waals surface area (Å²) in [4.78, 5) is 12.5. The Morgan fingerprint density at radius 1 is 1.16 bits per heavy atom. The van der Waals surface area contributed by atoms with Gasteiger partial charge in [-0.15, -0.1) is 0 Å². The summed E-state index contributed by atoms with van der Waals surface area (Å²) in [5, 5.41) is 15.5. The van der Waals surface area contributed by atoms with Crippen molar-refractivity contribution in [1.82, 2.24) is 0 Å². The van der Waals surface area contributed by atoms with E-state index in [2.05, 4.69) is 16.7 Å². The van der Waals surface area contributed by atoms with Gasteiger partial charge in [0.05, 0.1) is 16.9 Å². The third-order valence-corrected chi connectivity index (χ3v) is 4.19. The Balaban J connectivity index is 2.00. The van der Waals surface area contributed by atoms with E-state index < -0.39 is 5.54 Å². The average Bonchev–Trinajstić information content (AvgIpc) is 2.66. The minimum atomic E-state index is -0.475. The Kier molecular flexibility index (Phi) is 2.90. The lowest BCUT2D eigenvalue weighted by Gasteiger charge is -2.38. The zero-order chi connectivity index (χ0) is 13.3. The first-order valence-corrected chi connectivity index (χ1v) is 6.88. The van der Waals surface area contributed by atoms with E-state index in [9.17, 15) is 4.79 Å². The van der Waals surface area contributed by atoms with Crippen LogP contribution in [0.5, 0.6) is 0 Å². The molecule has 1 aromatic carbocycles. The Labute approximate surface area is 112 Å². The highest BCUT2D eigenvalue weighted by Gasteiger charge is 2.42. The molecule has 0 radical (unpaired) electrons. The van der Waals surface area contributed by atoms with Gasteiger partial charge in [-0.05, 0) is 25.0 Å². The quantitative estimate of drug-likeness (QED) is 0.749. The lowest BCUT2D eigenvalue weighted by atomic mass is 9.86. The predicted molar refractivity (Wildman–Crippen MR) is 73.8 cm³/mol. The number of anilines is 2. The molecule has 2 aliphatic rings. The molecule has 1 aromatic rings. The van der Waals surface area contributed by atoms with Crippen LogP contribution in [0.15, 0.2) is 18.2 Å². The predicted octanol–water partition coefficient (Wildman–Crippen LogP) is 3.02. The van der Waals surface area contributed by atoms with Crippen LogP contribution in [0, 0.1) is 11.3 Å². The lowest BCUT2D eigenvalue weighted by Crippen LogP contribution is -2.52. The van der Waals surface area contributed by atoms with Gasteiger partial charge < -0.3 is 10.6 Å². The molecule has 4 heteroatoms. The molecule has 19 heavy (non-hydrogen) atoms.